The smallest absolute Gasteiger partial charge is 0.0991 e. The zero-order valence-electron chi connectivity index (χ0n) is 7.51. The first-order valence-electron chi connectivity index (χ1n) is 4.31. The third kappa shape index (κ3) is 1.62. The minimum absolute atomic E-state index is 0.673. The van der Waals surface area contributed by atoms with Crippen LogP contribution in [0.1, 0.15) is 5.56 Å². The molecule has 0 spiro atoms. The molecule has 2 aromatic rings. The molecule has 0 aliphatic heterocycles. The summed E-state index contributed by atoms with van der Waals surface area (Å²) in [5.41, 5.74) is 2.73. The fourth-order valence-electron chi connectivity index (χ4n) is 1.30. The van der Waals surface area contributed by atoms with Crippen LogP contribution in [0.5, 0.6) is 0 Å². The minimum atomic E-state index is 0.673. The highest BCUT2D eigenvalue weighted by molar-refractivity contribution is 5.63. The van der Waals surface area contributed by atoms with E-state index < -0.39 is 0 Å². The second-order valence-corrected chi connectivity index (χ2v) is 2.93. The van der Waals surface area contributed by atoms with Gasteiger partial charge >= 0.3 is 0 Å². The molecule has 0 atom stereocenters. The van der Waals surface area contributed by atoms with Crippen LogP contribution < -0.4 is 0 Å². The number of benzene rings is 1. The van der Waals surface area contributed by atoms with E-state index in [1.807, 2.05) is 30.3 Å². The topological polar surface area (TPSA) is 36.7 Å². The Hall–Kier alpha value is -2.14. The fourth-order valence-corrected chi connectivity index (χ4v) is 1.30. The van der Waals surface area contributed by atoms with Crippen molar-refractivity contribution in [2.75, 3.05) is 0 Å². The van der Waals surface area contributed by atoms with Gasteiger partial charge in [-0.2, -0.15) is 5.26 Å². The van der Waals surface area contributed by atoms with Gasteiger partial charge in [-0.25, -0.2) is 0 Å². The van der Waals surface area contributed by atoms with E-state index in [4.69, 9.17) is 5.26 Å². The van der Waals surface area contributed by atoms with Crippen LogP contribution in [-0.2, 0) is 0 Å². The number of hydrogen-bond donors (Lipinski definition) is 0. The Morgan fingerprint density at radius 2 is 1.93 bits per heavy atom. The Bertz CT molecular complexity index is 469. The van der Waals surface area contributed by atoms with Crippen LogP contribution in [-0.4, -0.2) is 4.98 Å². The van der Waals surface area contributed by atoms with Crippen molar-refractivity contribution in [1.82, 2.24) is 4.98 Å². The lowest BCUT2D eigenvalue weighted by molar-refractivity contribution is 1.33. The molecule has 1 heterocycles. The molecule has 0 amide bonds. The minimum Gasteiger partial charge on any atom is -0.264 e. The van der Waals surface area contributed by atoms with E-state index in [0.717, 1.165) is 11.1 Å². The summed E-state index contributed by atoms with van der Waals surface area (Å²) in [4.78, 5) is 4.03. The SMILES string of the molecule is N#Cc1cccc(-c2cccnc2)c1. The molecule has 0 bridgehead atoms. The molecule has 14 heavy (non-hydrogen) atoms. The molecule has 66 valence electrons. The largest absolute Gasteiger partial charge is 0.264 e. The molecule has 0 saturated carbocycles. The number of rotatable bonds is 1. The first kappa shape index (κ1) is 8.46. The van der Waals surface area contributed by atoms with Gasteiger partial charge in [0.15, 0.2) is 0 Å². The average Bonchev–Trinajstić information content (AvgIpc) is 2.30. The molecule has 1 aromatic heterocycles. The maximum atomic E-state index is 8.74. The van der Waals surface area contributed by atoms with Gasteiger partial charge in [-0.3, -0.25) is 4.98 Å². The van der Waals surface area contributed by atoms with Gasteiger partial charge in [0, 0.05) is 18.0 Å². The molecule has 0 radical (unpaired) electrons. The summed E-state index contributed by atoms with van der Waals surface area (Å²) < 4.78 is 0. The summed E-state index contributed by atoms with van der Waals surface area (Å²) in [6, 6.07) is 13.5. The number of nitrogens with zero attached hydrogens (tertiary/aromatic N) is 2. The van der Waals surface area contributed by atoms with Crippen LogP contribution in [0.4, 0.5) is 0 Å². The van der Waals surface area contributed by atoms with Crippen molar-refractivity contribution in [3.63, 3.8) is 0 Å². The van der Waals surface area contributed by atoms with Crippen LogP contribution in [0.3, 0.4) is 0 Å². The summed E-state index contributed by atoms with van der Waals surface area (Å²) in [6.07, 6.45) is 3.52. The molecule has 0 fully saturated rings. The highest BCUT2D eigenvalue weighted by atomic mass is 14.6. The molecule has 2 nitrogen and oxygen atoms in total. The van der Waals surface area contributed by atoms with Crippen LogP contribution in [0.25, 0.3) is 11.1 Å². The van der Waals surface area contributed by atoms with E-state index in [0.29, 0.717) is 5.56 Å². The maximum Gasteiger partial charge on any atom is 0.0991 e. The van der Waals surface area contributed by atoms with Crippen LogP contribution in [0.2, 0.25) is 0 Å². The van der Waals surface area contributed by atoms with Crippen LogP contribution >= 0.6 is 0 Å². The van der Waals surface area contributed by atoms with E-state index in [9.17, 15) is 0 Å². The lowest BCUT2D eigenvalue weighted by Crippen LogP contribution is -1.80. The predicted molar refractivity (Wildman–Crippen MR) is 54.4 cm³/mol. The van der Waals surface area contributed by atoms with Crippen molar-refractivity contribution in [3.8, 4) is 17.2 Å². The normalized spacial score (nSPS) is 9.36. The first-order valence-corrected chi connectivity index (χ1v) is 4.31. The highest BCUT2D eigenvalue weighted by Crippen LogP contribution is 2.18. The number of nitriles is 1. The van der Waals surface area contributed by atoms with Gasteiger partial charge in [-0.05, 0) is 23.8 Å². The molecule has 0 N–H and O–H groups in total. The maximum absolute atomic E-state index is 8.74. The third-order valence-corrected chi connectivity index (χ3v) is 1.99. The van der Waals surface area contributed by atoms with E-state index >= 15 is 0 Å². The quantitative estimate of drug-likeness (QED) is 0.676. The van der Waals surface area contributed by atoms with Crippen molar-refractivity contribution >= 4 is 0 Å². The number of hydrogen-bond acceptors (Lipinski definition) is 2. The molecule has 2 heteroatoms. The van der Waals surface area contributed by atoms with Gasteiger partial charge in [0.2, 0.25) is 0 Å². The van der Waals surface area contributed by atoms with Crippen LogP contribution in [0, 0.1) is 11.3 Å². The average molecular weight is 180 g/mol. The van der Waals surface area contributed by atoms with Crippen molar-refractivity contribution < 1.29 is 0 Å². The summed E-state index contributed by atoms with van der Waals surface area (Å²) in [5.74, 6) is 0. The van der Waals surface area contributed by atoms with Gasteiger partial charge in [0.05, 0.1) is 11.6 Å². The van der Waals surface area contributed by atoms with E-state index in [1.54, 1.807) is 18.5 Å². The second-order valence-electron chi connectivity index (χ2n) is 2.93. The number of aromatic nitrogens is 1. The summed E-state index contributed by atoms with van der Waals surface area (Å²) in [5, 5.41) is 8.74. The molecule has 0 saturated heterocycles. The van der Waals surface area contributed by atoms with Gasteiger partial charge in [-0.1, -0.05) is 18.2 Å². The first-order chi connectivity index (χ1) is 6.90. The van der Waals surface area contributed by atoms with Gasteiger partial charge in [0.25, 0.3) is 0 Å². The summed E-state index contributed by atoms with van der Waals surface area (Å²) >= 11 is 0. The Balaban J connectivity index is 2.49. The molecule has 0 aliphatic rings. The predicted octanol–water partition coefficient (Wildman–Crippen LogP) is 2.62. The molecular formula is C12H8N2. The zero-order chi connectivity index (χ0) is 9.80. The Kier molecular flexibility index (Phi) is 2.24. The Labute approximate surface area is 82.5 Å². The number of pyridine rings is 1. The van der Waals surface area contributed by atoms with E-state index in [1.165, 1.54) is 0 Å². The lowest BCUT2D eigenvalue weighted by atomic mass is 10.1. The molecule has 0 unspecified atom stereocenters. The zero-order valence-corrected chi connectivity index (χ0v) is 7.51. The van der Waals surface area contributed by atoms with Crippen LogP contribution in [0.15, 0.2) is 48.8 Å². The van der Waals surface area contributed by atoms with Gasteiger partial charge in [-0.15, -0.1) is 0 Å². The van der Waals surface area contributed by atoms with Gasteiger partial charge < -0.3 is 0 Å². The van der Waals surface area contributed by atoms with Crippen molar-refractivity contribution in [2.45, 2.75) is 0 Å². The Morgan fingerprint density at radius 3 is 2.64 bits per heavy atom. The van der Waals surface area contributed by atoms with Crippen molar-refractivity contribution in [3.05, 3.63) is 54.4 Å². The molecule has 1 aromatic carbocycles. The van der Waals surface area contributed by atoms with E-state index in [-0.39, 0.29) is 0 Å². The molecule has 0 aliphatic carbocycles. The Morgan fingerprint density at radius 1 is 1.07 bits per heavy atom. The lowest BCUT2D eigenvalue weighted by Gasteiger charge is -1.99. The molecular weight excluding hydrogens is 172 g/mol. The monoisotopic (exact) mass is 180 g/mol. The third-order valence-electron chi connectivity index (χ3n) is 1.99. The van der Waals surface area contributed by atoms with Crippen molar-refractivity contribution in [1.29, 1.82) is 5.26 Å². The standard InChI is InChI=1S/C12H8N2/c13-8-10-3-1-4-11(7-10)12-5-2-6-14-9-12/h1-7,9H. The molecule has 2 rings (SSSR count). The van der Waals surface area contributed by atoms with Gasteiger partial charge in [0.1, 0.15) is 0 Å². The summed E-state index contributed by atoms with van der Waals surface area (Å²) in [7, 11) is 0. The van der Waals surface area contributed by atoms with Crippen molar-refractivity contribution in [2.24, 2.45) is 0 Å². The summed E-state index contributed by atoms with van der Waals surface area (Å²) in [6.45, 7) is 0. The van der Waals surface area contributed by atoms with E-state index in [2.05, 4.69) is 11.1 Å². The second kappa shape index (κ2) is 3.71. The highest BCUT2D eigenvalue weighted by Gasteiger charge is 1.97. The fraction of sp³-hybridized carbons (Fsp3) is 0.